The van der Waals surface area contributed by atoms with Gasteiger partial charge < -0.3 is 15.0 Å². The van der Waals surface area contributed by atoms with Crippen molar-refractivity contribution >= 4 is 39.3 Å². The van der Waals surface area contributed by atoms with E-state index in [-0.39, 0.29) is 30.4 Å². The predicted octanol–water partition coefficient (Wildman–Crippen LogP) is 5.72. The van der Waals surface area contributed by atoms with Gasteiger partial charge in [0.25, 0.3) is 5.91 Å². The van der Waals surface area contributed by atoms with Crippen LogP contribution in [-0.2, 0) is 21.5 Å². The molecule has 0 saturated carbocycles. The van der Waals surface area contributed by atoms with E-state index in [0.29, 0.717) is 17.3 Å². The highest BCUT2D eigenvalue weighted by Crippen LogP contribution is 2.31. The van der Waals surface area contributed by atoms with Gasteiger partial charge in [0.15, 0.2) is 6.61 Å². The normalized spacial score (nSPS) is 12.2. The topological polar surface area (TPSA) is 58.6 Å². The first-order valence-corrected chi connectivity index (χ1v) is 11.9. The van der Waals surface area contributed by atoms with E-state index in [1.165, 1.54) is 4.90 Å². The molecule has 0 radical (unpaired) electrons. The zero-order chi connectivity index (χ0) is 23.9. The van der Waals surface area contributed by atoms with Gasteiger partial charge in [-0.25, -0.2) is 0 Å². The summed E-state index contributed by atoms with van der Waals surface area (Å²) in [5, 5.41) is 3.41. The van der Waals surface area contributed by atoms with E-state index in [9.17, 15) is 9.59 Å². The van der Waals surface area contributed by atoms with Crippen LogP contribution < -0.4 is 10.1 Å². The van der Waals surface area contributed by atoms with Gasteiger partial charge in [-0.3, -0.25) is 9.59 Å². The third-order valence-corrected chi connectivity index (χ3v) is 6.15. The van der Waals surface area contributed by atoms with Gasteiger partial charge in [0, 0.05) is 18.1 Å². The van der Waals surface area contributed by atoms with Crippen molar-refractivity contribution in [2.24, 2.45) is 0 Å². The lowest BCUT2D eigenvalue weighted by molar-refractivity contribution is -0.142. The van der Waals surface area contributed by atoms with Crippen LogP contribution in [0.3, 0.4) is 0 Å². The Morgan fingerprint density at radius 1 is 1.19 bits per heavy atom. The van der Waals surface area contributed by atoms with E-state index in [1.54, 1.807) is 13.0 Å². The first-order chi connectivity index (χ1) is 15.0. The maximum Gasteiger partial charge on any atom is 0.261 e. The standard InChI is InChI=1S/C25H32BrClN2O3/c1-6-13-28-24(31)17(2)29(15-18-9-7-8-10-21(18)27)23(30)16-32-22-12-11-19(14-20(22)26)25(3,4)5/h7-12,14,17H,6,13,15-16H2,1-5H3,(H,28,31)/t17-/m1/s1. The van der Waals surface area contributed by atoms with E-state index in [2.05, 4.69) is 42.0 Å². The lowest BCUT2D eigenvalue weighted by atomic mass is 9.87. The Hall–Kier alpha value is -2.05. The highest BCUT2D eigenvalue weighted by Gasteiger charge is 2.27. The maximum absolute atomic E-state index is 13.2. The number of amides is 2. The largest absolute Gasteiger partial charge is 0.483 e. The molecule has 2 amide bonds. The summed E-state index contributed by atoms with van der Waals surface area (Å²) in [6, 6.07) is 12.5. The SMILES string of the molecule is CCCNC(=O)[C@@H](C)N(Cc1ccccc1Cl)C(=O)COc1ccc(C(C)(C)C)cc1Br. The second kappa shape index (κ2) is 11.7. The third kappa shape index (κ3) is 7.24. The van der Waals surface area contributed by atoms with Crippen LogP contribution >= 0.6 is 27.5 Å². The van der Waals surface area contributed by atoms with Gasteiger partial charge in [-0.1, -0.05) is 63.6 Å². The monoisotopic (exact) mass is 522 g/mol. The number of hydrogen-bond donors (Lipinski definition) is 1. The minimum absolute atomic E-state index is 0.00387. The third-order valence-electron chi connectivity index (χ3n) is 5.16. The summed E-state index contributed by atoms with van der Waals surface area (Å²) in [6.07, 6.45) is 0.818. The molecule has 0 spiro atoms. The number of carbonyl (C=O) groups excluding carboxylic acids is 2. The summed E-state index contributed by atoms with van der Waals surface area (Å²) in [5.41, 5.74) is 1.93. The summed E-state index contributed by atoms with van der Waals surface area (Å²) < 4.78 is 6.61. The lowest BCUT2D eigenvalue weighted by Gasteiger charge is -2.29. The number of rotatable bonds is 9. The van der Waals surface area contributed by atoms with E-state index >= 15 is 0 Å². The quantitative estimate of drug-likeness (QED) is 0.457. The summed E-state index contributed by atoms with van der Waals surface area (Å²) in [4.78, 5) is 27.3. The van der Waals surface area contributed by atoms with Crippen LogP contribution in [0.25, 0.3) is 0 Å². The van der Waals surface area contributed by atoms with Gasteiger partial charge >= 0.3 is 0 Å². The van der Waals surface area contributed by atoms with Crippen molar-refractivity contribution in [1.82, 2.24) is 10.2 Å². The molecule has 0 aliphatic rings. The van der Waals surface area contributed by atoms with E-state index in [4.69, 9.17) is 16.3 Å². The Bertz CT molecular complexity index is 943. The van der Waals surface area contributed by atoms with Crippen LogP contribution in [-0.4, -0.2) is 35.9 Å². The van der Waals surface area contributed by atoms with Gasteiger partial charge in [-0.2, -0.15) is 0 Å². The highest BCUT2D eigenvalue weighted by molar-refractivity contribution is 9.10. The number of nitrogens with one attached hydrogen (secondary N) is 1. The number of hydrogen-bond acceptors (Lipinski definition) is 3. The molecule has 174 valence electrons. The molecule has 0 heterocycles. The molecule has 1 N–H and O–H groups in total. The molecule has 0 bridgehead atoms. The Morgan fingerprint density at radius 2 is 1.88 bits per heavy atom. The fourth-order valence-corrected chi connectivity index (χ4v) is 3.78. The smallest absolute Gasteiger partial charge is 0.261 e. The van der Waals surface area contributed by atoms with Crippen molar-refractivity contribution in [1.29, 1.82) is 0 Å². The average Bonchev–Trinajstić information content (AvgIpc) is 2.74. The zero-order valence-corrected chi connectivity index (χ0v) is 21.7. The Balaban J connectivity index is 2.18. The molecule has 0 aliphatic carbocycles. The number of carbonyl (C=O) groups is 2. The molecule has 7 heteroatoms. The molecule has 2 rings (SSSR count). The summed E-state index contributed by atoms with van der Waals surface area (Å²) >= 11 is 9.85. The van der Waals surface area contributed by atoms with Crippen molar-refractivity contribution in [3.63, 3.8) is 0 Å². The van der Waals surface area contributed by atoms with Gasteiger partial charge in [0.2, 0.25) is 5.91 Å². The number of benzene rings is 2. The first-order valence-electron chi connectivity index (χ1n) is 10.8. The van der Waals surface area contributed by atoms with Crippen molar-refractivity contribution in [2.75, 3.05) is 13.2 Å². The van der Waals surface area contributed by atoms with Crippen LogP contribution in [0.1, 0.15) is 52.2 Å². The number of nitrogens with zero attached hydrogens (tertiary/aromatic N) is 1. The molecule has 5 nitrogen and oxygen atoms in total. The van der Waals surface area contributed by atoms with Gasteiger partial charge in [-0.05, 0) is 64.0 Å². The lowest BCUT2D eigenvalue weighted by Crippen LogP contribution is -2.49. The molecule has 0 aliphatic heterocycles. The fourth-order valence-electron chi connectivity index (χ4n) is 3.10. The first kappa shape index (κ1) is 26.2. The summed E-state index contributed by atoms with van der Waals surface area (Å²) in [6.45, 7) is 10.7. The molecule has 0 saturated heterocycles. The molecule has 2 aromatic carbocycles. The minimum atomic E-state index is -0.666. The molecule has 32 heavy (non-hydrogen) atoms. The van der Waals surface area contributed by atoms with Crippen molar-refractivity contribution < 1.29 is 14.3 Å². The van der Waals surface area contributed by atoms with E-state index in [1.807, 2.05) is 43.3 Å². The Labute approximate surface area is 204 Å². The fraction of sp³-hybridized carbons (Fsp3) is 0.440. The van der Waals surface area contributed by atoms with Crippen molar-refractivity contribution in [3.05, 3.63) is 63.1 Å². The minimum Gasteiger partial charge on any atom is -0.483 e. The second-order valence-electron chi connectivity index (χ2n) is 8.76. The van der Waals surface area contributed by atoms with Crippen LogP contribution in [0.2, 0.25) is 5.02 Å². The van der Waals surface area contributed by atoms with Crippen molar-refractivity contribution in [3.8, 4) is 5.75 Å². The van der Waals surface area contributed by atoms with E-state index in [0.717, 1.165) is 22.0 Å². The molecule has 0 fully saturated rings. The van der Waals surface area contributed by atoms with E-state index < -0.39 is 6.04 Å². The van der Waals surface area contributed by atoms with Gasteiger partial charge in [-0.15, -0.1) is 0 Å². The molecule has 2 aromatic rings. The maximum atomic E-state index is 13.2. The van der Waals surface area contributed by atoms with Crippen LogP contribution in [0.15, 0.2) is 46.9 Å². The molecular formula is C25H32BrClN2O3. The molecule has 1 atom stereocenters. The van der Waals surface area contributed by atoms with Crippen LogP contribution in [0.4, 0.5) is 0 Å². The Morgan fingerprint density at radius 3 is 2.47 bits per heavy atom. The van der Waals surface area contributed by atoms with Gasteiger partial charge in [0.05, 0.1) is 4.47 Å². The number of ether oxygens (including phenoxy) is 1. The van der Waals surface area contributed by atoms with Crippen LogP contribution in [0, 0.1) is 0 Å². The molecule has 0 aromatic heterocycles. The van der Waals surface area contributed by atoms with Crippen molar-refractivity contribution in [2.45, 2.75) is 59.0 Å². The zero-order valence-electron chi connectivity index (χ0n) is 19.4. The molecule has 0 unspecified atom stereocenters. The molecular weight excluding hydrogens is 492 g/mol. The summed E-state index contributed by atoms with van der Waals surface area (Å²) in [5.74, 6) is 0.0750. The average molecular weight is 524 g/mol. The highest BCUT2D eigenvalue weighted by atomic mass is 79.9. The summed E-state index contributed by atoms with van der Waals surface area (Å²) in [7, 11) is 0. The predicted molar refractivity (Wildman–Crippen MR) is 133 cm³/mol. The Kier molecular flexibility index (Phi) is 9.59. The van der Waals surface area contributed by atoms with Crippen LogP contribution in [0.5, 0.6) is 5.75 Å². The second-order valence-corrected chi connectivity index (χ2v) is 10.0. The van der Waals surface area contributed by atoms with Gasteiger partial charge in [0.1, 0.15) is 11.8 Å². The number of halogens is 2.